The number of likely N-dealkylation sites (N-methyl/N-ethyl adjacent to an activating group) is 1. The maximum absolute atomic E-state index is 13.2. The van der Waals surface area contributed by atoms with Gasteiger partial charge in [-0.2, -0.15) is 0 Å². The summed E-state index contributed by atoms with van der Waals surface area (Å²) in [5.41, 5.74) is 0.874. The number of anilines is 1. The van der Waals surface area contributed by atoms with E-state index in [9.17, 15) is 19.3 Å². The largest absolute Gasteiger partial charge is 0.494 e. The van der Waals surface area contributed by atoms with Gasteiger partial charge >= 0.3 is 0 Å². The lowest BCUT2D eigenvalue weighted by atomic mass is 10.1. The first-order valence-corrected chi connectivity index (χ1v) is 6.76. The Labute approximate surface area is 132 Å². The second-order valence-corrected chi connectivity index (χ2v) is 4.87. The van der Waals surface area contributed by atoms with Gasteiger partial charge in [-0.3, -0.25) is 14.9 Å². The Kier molecular flexibility index (Phi) is 4.90. The van der Waals surface area contributed by atoms with Crippen LogP contribution in [0.25, 0.3) is 0 Å². The number of carbonyl (C=O) groups is 1. The van der Waals surface area contributed by atoms with Crippen molar-refractivity contribution in [1.29, 1.82) is 0 Å². The summed E-state index contributed by atoms with van der Waals surface area (Å²) in [7, 11) is 2.92. The highest BCUT2D eigenvalue weighted by atomic mass is 19.1. The fourth-order valence-electron chi connectivity index (χ4n) is 2.14. The van der Waals surface area contributed by atoms with Crippen molar-refractivity contribution in [1.82, 2.24) is 0 Å². The zero-order valence-corrected chi connectivity index (χ0v) is 12.7. The fraction of sp³-hybridized carbons (Fsp3) is 0.188. The van der Waals surface area contributed by atoms with E-state index in [1.807, 2.05) is 0 Å². The number of carbonyl (C=O) groups excluding carboxylic acids is 1. The third-order valence-corrected chi connectivity index (χ3v) is 3.35. The van der Waals surface area contributed by atoms with Crippen LogP contribution in [0.2, 0.25) is 0 Å². The van der Waals surface area contributed by atoms with Crippen LogP contribution >= 0.6 is 0 Å². The molecular weight excluding hydrogens is 303 g/mol. The molecule has 2 aromatic rings. The first kappa shape index (κ1) is 16.4. The molecule has 0 N–H and O–H groups in total. The molecule has 2 rings (SSSR count). The van der Waals surface area contributed by atoms with Gasteiger partial charge in [-0.1, -0.05) is 12.1 Å². The van der Waals surface area contributed by atoms with E-state index in [1.54, 1.807) is 6.07 Å². The number of amides is 1. The summed E-state index contributed by atoms with van der Waals surface area (Å²) in [6.07, 6.45) is -0.0152. The van der Waals surface area contributed by atoms with Crippen LogP contribution in [-0.2, 0) is 11.2 Å². The van der Waals surface area contributed by atoms with Gasteiger partial charge in [0.15, 0.2) is 0 Å². The molecule has 1 amide bonds. The van der Waals surface area contributed by atoms with E-state index in [0.29, 0.717) is 11.3 Å². The van der Waals surface area contributed by atoms with E-state index in [1.165, 1.54) is 55.5 Å². The third kappa shape index (κ3) is 3.82. The van der Waals surface area contributed by atoms with E-state index in [4.69, 9.17) is 4.74 Å². The van der Waals surface area contributed by atoms with Crippen LogP contribution in [0.5, 0.6) is 5.75 Å². The minimum absolute atomic E-state index is 0.0152. The molecule has 0 spiro atoms. The quantitative estimate of drug-likeness (QED) is 0.627. The number of nitrogens with zero attached hydrogens (tertiary/aromatic N) is 2. The number of rotatable bonds is 5. The summed E-state index contributed by atoms with van der Waals surface area (Å²) < 4.78 is 18.3. The number of ether oxygens (including phenoxy) is 1. The van der Waals surface area contributed by atoms with E-state index in [0.717, 1.165) is 0 Å². The highest BCUT2D eigenvalue weighted by Crippen LogP contribution is 2.28. The zero-order chi connectivity index (χ0) is 17.0. The molecule has 7 heteroatoms. The summed E-state index contributed by atoms with van der Waals surface area (Å²) in [5, 5.41) is 10.8. The van der Waals surface area contributed by atoms with Gasteiger partial charge < -0.3 is 9.64 Å². The molecule has 0 aliphatic rings. The summed E-state index contributed by atoms with van der Waals surface area (Å²) in [6, 6.07) is 9.75. The molecule has 0 radical (unpaired) electrons. The maximum Gasteiger partial charge on any atom is 0.269 e. The fourth-order valence-corrected chi connectivity index (χ4v) is 2.14. The average Bonchev–Trinajstić information content (AvgIpc) is 2.54. The molecule has 0 saturated heterocycles. The standard InChI is InChI=1S/C16H15FN2O4/c1-18(14-7-6-12(17)10-15(14)23-2)16(20)9-11-4-3-5-13(8-11)19(21)22/h3-8,10H,9H2,1-2H3. The maximum atomic E-state index is 13.2. The molecule has 0 fully saturated rings. The topological polar surface area (TPSA) is 72.7 Å². The third-order valence-electron chi connectivity index (χ3n) is 3.35. The Morgan fingerprint density at radius 1 is 1.30 bits per heavy atom. The highest BCUT2D eigenvalue weighted by molar-refractivity contribution is 5.95. The second kappa shape index (κ2) is 6.87. The number of hydrogen-bond acceptors (Lipinski definition) is 4. The second-order valence-electron chi connectivity index (χ2n) is 4.87. The molecule has 0 atom stereocenters. The van der Waals surface area contributed by atoms with Crippen LogP contribution in [0.3, 0.4) is 0 Å². The molecule has 120 valence electrons. The van der Waals surface area contributed by atoms with Gasteiger partial charge in [0.25, 0.3) is 5.69 Å². The molecular formula is C16H15FN2O4. The van der Waals surface area contributed by atoms with Crippen molar-refractivity contribution in [3.05, 3.63) is 64.0 Å². The summed E-state index contributed by atoms with van der Waals surface area (Å²) >= 11 is 0. The average molecular weight is 318 g/mol. The van der Waals surface area contributed by atoms with Crippen LogP contribution in [0.1, 0.15) is 5.56 Å². The number of nitro benzene ring substituents is 1. The zero-order valence-electron chi connectivity index (χ0n) is 12.7. The van der Waals surface area contributed by atoms with E-state index >= 15 is 0 Å². The lowest BCUT2D eigenvalue weighted by Crippen LogP contribution is -2.28. The molecule has 0 saturated carbocycles. The summed E-state index contributed by atoms with van der Waals surface area (Å²) in [5.74, 6) is -0.527. The van der Waals surface area contributed by atoms with Crippen LogP contribution in [-0.4, -0.2) is 25.0 Å². The van der Waals surface area contributed by atoms with E-state index in [-0.39, 0.29) is 23.8 Å². The number of methoxy groups -OCH3 is 1. The van der Waals surface area contributed by atoms with E-state index < -0.39 is 10.7 Å². The van der Waals surface area contributed by atoms with Gasteiger partial charge in [0.2, 0.25) is 5.91 Å². The number of non-ortho nitro benzene ring substituents is 1. The molecule has 0 aliphatic heterocycles. The summed E-state index contributed by atoms with van der Waals surface area (Å²) in [6.45, 7) is 0. The molecule has 0 aliphatic carbocycles. The van der Waals surface area contributed by atoms with Gasteiger partial charge in [0.1, 0.15) is 11.6 Å². The SMILES string of the molecule is COc1cc(F)ccc1N(C)C(=O)Cc1cccc([N+](=O)[O-])c1. The lowest BCUT2D eigenvalue weighted by Gasteiger charge is -2.20. The number of halogens is 1. The normalized spacial score (nSPS) is 10.2. The molecule has 6 nitrogen and oxygen atoms in total. The predicted octanol–water partition coefficient (Wildman–Crippen LogP) is 2.95. The van der Waals surface area contributed by atoms with Crippen molar-refractivity contribution in [2.75, 3.05) is 19.1 Å². The van der Waals surface area contributed by atoms with Gasteiger partial charge in [0.05, 0.1) is 24.1 Å². The highest BCUT2D eigenvalue weighted by Gasteiger charge is 2.17. The van der Waals surface area contributed by atoms with Gasteiger partial charge in [0, 0.05) is 25.2 Å². The van der Waals surface area contributed by atoms with Crippen molar-refractivity contribution in [3.8, 4) is 5.75 Å². The minimum atomic E-state index is -0.513. The lowest BCUT2D eigenvalue weighted by molar-refractivity contribution is -0.384. The van der Waals surface area contributed by atoms with Gasteiger partial charge in [-0.15, -0.1) is 0 Å². The smallest absolute Gasteiger partial charge is 0.269 e. The number of benzene rings is 2. The minimum Gasteiger partial charge on any atom is -0.494 e. The Bertz CT molecular complexity index is 749. The molecule has 0 bridgehead atoms. The first-order chi connectivity index (χ1) is 10.9. The Morgan fingerprint density at radius 3 is 2.70 bits per heavy atom. The van der Waals surface area contributed by atoms with Crippen molar-refractivity contribution in [2.45, 2.75) is 6.42 Å². The van der Waals surface area contributed by atoms with Crippen LogP contribution in [0, 0.1) is 15.9 Å². The van der Waals surface area contributed by atoms with Crippen LogP contribution in [0.4, 0.5) is 15.8 Å². The Balaban J connectivity index is 2.20. The van der Waals surface area contributed by atoms with Crippen molar-refractivity contribution in [2.24, 2.45) is 0 Å². The number of nitro groups is 1. The van der Waals surface area contributed by atoms with Crippen molar-refractivity contribution < 1.29 is 18.8 Å². The number of hydrogen-bond donors (Lipinski definition) is 0. The molecule has 2 aromatic carbocycles. The first-order valence-electron chi connectivity index (χ1n) is 6.76. The van der Waals surface area contributed by atoms with E-state index in [2.05, 4.69) is 0 Å². The van der Waals surface area contributed by atoms with Gasteiger partial charge in [-0.25, -0.2) is 4.39 Å². The molecule has 0 unspecified atom stereocenters. The Hall–Kier alpha value is -2.96. The monoisotopic (exact) mass is 318 g/mol. The molecule has 0 heterocycles. The van der Waals surface area contributed by atoms with Crippen molar-refractivity contribution in [3.63, 3.8) is 0 Å². The molecule has 0 aromatic heterocycles. The Morgan fingerprint density at radius 2 is 2.04 bits per heavy atom. The predicted molar refractivity (Wildman–Crippen MR) is 83.2 cm³/mol. The summed E-state index contributed by atoms with van der Waals surface area (Å²) in [4.78, 5) is 23.9. The van der Waals surface area contributed by atoms with Gasteiger partial charge in [-0.05, 0) is 17.7 Å². The van der Waals surface area contributed by atoms with Crippen molar-refractivity contribution >= 4 is 17.3 Å². The molecule has 23 heavy (non-hydrogen) atoms. The van der Waals surface area contributed by atoms with Crippen LogP contribution in [0.15, 0.2) is 42.5 Å². The van der Waals surface area contributed by atoms with Crippen LogP contribution < -0.4 is 9.64 Å².